The van der Waals surface area contributed by atoms with E-state index in [0.29, 0.717) is 12.1 Å². The molecule has 0 aliphatic rings. The van der Waals surface area contributed by atoms with E-state index in [9.17, 15) is 9.90 Å². The molecule has 0 spiro atoms. The Bertz CT molecular complexity index is 824. The predicted molar refractivity (Wildman–Crippen MR) is 85.7 cm³/mol. The van der Waals surface area contributed by atoms with Gasteiger partial charge in [-0.25, -0.2) is 0 Å². The number of hydrogen-bond donors (Lipinski definition) is 2. The van der Waals surface area contributed by atoms with Crippen LogP contribution in [0.4, 0.5) is 0 Å². The molecule has 0 aliphatic heterocycles. The lowest BCUT2D eigenvalue weighted by molar-refractivity contribution is 0.0953. The normalized spacial score (nSPS) is 10.9. The highest BCUT2D eigenvalue weighted by atomic mass is 16.3. The van der Waals surface area contributed by atoms with Crippen molar-refractivity contribution in [1.29, 1.82) is 0 Å². The SMILES string of the molecule is CCCNC(=O)c1cc(O)c2ccc3ccccc3c2c1. The predicted octanol–water partition coefficient (Wildman–Crippen LogP) is 3.84. The number of rotatable bonds is 3. The first-order valence-corrected chi connectivity index (χ1v) is 7.13. The monoisotopic (exact) mass is 279 g/mol. The largest absolute Gasteiger partial charge is 0.507 e. The molecule has 0 heterocycles. The molecule has 3 nitrogen and oxygen atoms in total. The molecule has 3 aromatic carbocycles. The second-order valence-corrected chi connectivity index (χ2v) is 5.13. The second-order valence-electron chi connectivity index (χ2n) is 5.13. The van der Waals surface area contributed by atoms with Crippen LogP contribution in [0.25, 0.3) is 21.5 Å². The van der Waals surface area contributed by atoms with Crippen LogP contribution in [0.3, 0.4) is 0 Å². The summed E-state index contributed by atoms with van der Waals surface area (Å²) in [6.45, 7) is 2.64. The van der Waals surface area contributed by atoms with E-state index in [1.54, 1.807) is 0 Å². The van der Waals surface area contributed by atoms with E-state index in [0.717, 1.165) is 28.0 Å². The van der Waals surface area contributed by atoms with Crippen molar-refractivity contribution in [2.75, 3.05) is 6.54 Å². The smallest absolute Gasteiger partial charge is 0.251 e. The van der Waals surface area contributed by atoms with Crippen molar-refractivity contribution >= 4 is 27.5 Å². The molecule has 3 aromatic rings. The van der Waals surface area contributed by atoms with Crippen LogP contribution in [0.2, 0.25) is 0 Å². The third kappa shape index (κ3) is 2.42. The Labute approximate surface area is 123 Å². The van der Waals surface area contributed by atoms with Crippen molar-refractivity contribution in [3.05, 3.63) is 54.1 Å². The van der Waals surface area contributed by atoms with Crippen molar-refractivity contribution in [3.8, 4) is 5.75 Å². The van der Waals surface area contributed by atoms with E-state index >= 15 is 0 Å². The van der Waals surface area contributed by atoms with Crippen LogP contribution in [0.1, 0.15) is 23.7 Å². The van der Waals surface area contributed by atoms with Crippen LogP contribution in [-0.2, 0) is 0 Å². The summed E-state index contributed by atoms with van der Waals surface area (Å²) >= 11 is 0. The van der Waals surface area contributed by atoms with E-state index in [4.69, 9.17) is 0 Å². The molecule has 0 aromatic heterocycles. The molecular weight excluding hydrogens is 262 g/mol. The van der Waals surface area contributed by atoms with Gasteiger partial charge >= 0.3 is 0 Å². The minimum atomic E-state index is -0.151. The lowest BCUT2D eigenvalue weighted by Crippen LogP contribution is -2.23. The summed E-state index contributed by atoms with van der Waals surface area (Å²) < 4.78 is 0. The lowest BCUT2D eigenvalue weighted by Gasteiger charge is -2.09. The van der Waals surface area contributed by atoms with Gasteiger partial charge in [-0.15, -0.1) is 0 Å². The van der Waals surface area contributed by atoms with E-state index < -0.39 is 0 Å². The summed E-state index contributed by atoms with van der Waals surface area (Å²) in [7, 11) is 0. The highest BCUT2D eigenvalue weighted by Crippen LogP contribution is 2.32. The molecule has 0 unspecified atom stereocenters. The van der Waals surface area contributed by atoms with Gasteiger partial charge in [-0.2, -0.15) is 0 Å². The maximum atomic E-state index is 12.1. The average molecular weight is 279 g/mol. The molecule has 0 bridgehead atoms. The van der Waals surface area contributed by atoms with E-state index in [-0.39, 0.29) is 11.7 Å². The summed E-state index contributed by atoms with van der Waals surface area (Å²) in [4.78, 5) is 12.1. The molecule has 106 valence electrons. The second kappa shape index (κ2) is 5.44. The third-order valence-corrected chi connectivity index (χ3v) is 3.64. The number of hydrogen-bond acceptors (Lipinski definition) is 2. The van der Waals surface area contributed by atoms with Gasteiger partial charge in [0, 0.05) is 17.5 Å². The molecule has 0 radical (unpaired) electrons. The lowest BCUT2D eigenvalue weighted by atomic mass is 9.99. The minimum Gasteiger partial charge on any atom is -0.507 e. The van der Waals surface area contributed by atoms with Crippen LogP contribution in [-0.4, -0.2) is 17.6 Å². The molecule has 0 saturated carbocycles. The van der Waals surface area contributed by atoms with E-state index in [1.165, 1.54) is 6.07 Å². The first kappa shape index (κ1) is 13.4. The zero-order valence-corrected chi connectivity index (χ0v) is 11.9. The van der Waals surface area contributed by atoms with Crippen molar-refractivity contribution in [2.45, 2.75) is 13.3 Å². The number of phenols is 1. The molecule has 2 N–H and O–H groups in total. The average Bonchev–Trinajstić information content (AvgIpc) is 2.52. The topological polar surface area (TPSA) is 49.3 Å². The quantitative estimate of drug-likeness (QED) is 0.716. The Morgan fingerprint density at radius 1 is 1.05 bits per heavy atom. The highest BCUT2D eigenvalue weighted by Gasteiger charge is 2.11. The minimum absolute atomic E-state index is 0.139. The van der Waals surface area contributed by atoms with E-state index in [2.05, 4.69) is 5.32 Å². The van der Waals surface area contributed by atoms with Crippen molar-refractivity contribution < 1.29 is 9.90 Å². The van der Waals surface area contributed by atoms with E-state index in [1.807, 2.05) is 49.4 Å². The first-order valence-electron chi connectivity index (χ1n) is 7.13. The molecule has 21 heavy (non-hydrogen) atoms. The van der Waals surface area contributed by atoms with Gasteiger partial charge in [-0.3, -0.25) is 4.79 Å². The first-order chi connectivity index (χ1) is 10.2. The molecule has 0 saturated heterocycles. The van der Waals surface area contributed by atoms with Gasteiger partial charge in [-0.1, -0.05) is 43.3 Å². The third-order valence-electron chi connectivity index (χ3n) is 3.64. The Morgan fingerprint density at radius 2 is 1.86 bits per heavy atom. The Hall–Kier alpha value is -2.55. The number of aromatic hydroxyl groups is 1. The van der Waals surface area contributed by atoms with Gasteiger partial charge in [0.1, 0.15) is 5.75 Å². The standard InChI is InChI=1S/C18H17NO2/c1-2-9-19-18(21)13-10-16-14-6-4-3-5-12(14)7-8-15(16)17(20)11-13/h3-8,10-11,20H,2,9H2,1H3,(H,19,21). The fourth-order valence-corrected chi connectivity index (χ4v) is 2.57. The molecule has 0 fully saturated rings. The van der Waals surface area contributed by atoms with Gasteiger partial charge in [0.15, 0.2) is 0 Å². The molecule has 0 aliphatic carbocycles. The number of carbonyl (C=O) groups is 1. The van der Waals surface area contributed by atoms with Crippen LogP contribution in [0.5, 0.6) is 5.75 Å². The molecule has 3 rings (SSSR count). The fourth-order valence-electron chi connectivity index (χ4n) is 2.57. The summed E-state index contributed by atoms with van der Waals surface area (Å²) in [5, 5.41) is 16.8. The summed E-state index contributed by atoms with van der Waals surface area (Å²) in [5.41, 5.74) is 0.491. The van der Waals surface area contributed by atoms with Gasteiger partial charge < -0.3 is 10.4 Å². The maximum absolute atomic E-state index is 12.1. The van der Waals surface area contributed by atoms with Crippen LogP contribution >= 0.6 is 0 Å². The number of nitrogens with one attached hydrogen (secondary N) is 1. The van der Waals surface area contributed by atoms with Gasteiger partial charge in [-0.05, 0) is 34.7 Å². The summed E-state index contributed by atoms with van der Waals surface area (Å²) in [5.74, 6) is -0.0121. The van der Waals surface area contributed by atoms with Crippen LogP contribution in [0, 0.1) is 0 Å². The zero-order valence-electron chi connectivity index (χ0n) is 11.9. The van der Waals surface area contributed by atoms with Crippen molar-refractivity contribution in [3.63, 3.8) is 0 Å². The Morgan fingerprint density at radius 3 is 2.67 bits per heavy atom. The summed E-state index contributed by atoms with van der Waals surface area (Å²) in [6, 6.07) is 15.2. The van der Waals surface area contributed by atoms with Gasteiger partial charge in [0.05, 0.1) is 0 Å². The molecule has 1 amide bonds. The summed E-state index contributed by atoms with van der Waals surface area (Å²) in [6.07, 6.45) is 0.883. The van der Waals surface area contributed by atoms with Crippen LogP contribution < -0.4 is 5.32 Å². The maximum Gasteiger partial charge on any atom is 0.251 e. The van der Waals surface area contributed by atoms with Crippen LogP contribution in [0.15, 0.2) is 48.5 Å². The Balaban J connectivity index is 2.21. The highest BCUT2D eigenvalue weighted by molar-refractivity contribution is 6.12. The Kier molecular flexibility index (Phi) is 3.48. The number of phenolic OH excluding ortho intramolecular Hbond substituents is 1. The molecular formula is C18H17NO2. The van der Waals surface area contributed by atoms with Crippen molar-refractivity contribution in [1.82, 2.24) is 5.32 Å². The molecule has 3 heteroatoms. The molecule has 0 atom stereocenters. The fraction of sp³-hybridized carbons (Fsp3) is 0.167. The van der Waals surface area contributed by atoms with Gasteiger partial charge in [0.2, 0.25) is 0 Å². The van der Waals surface area contributed by atoms with Gasteiger partial charge in [0.25, 0.3) is 5.91 Å². The zero-order chi connectivity index (χ0) is 14.8. The van der Waals surface area contributed by atoms with Crippen molar-refractivity contribution in [2.24, 2.45) is 0 Å². The number of amides is 1. The number of benzene rings is 3. The number of fused-ring (bicyclic) bond motifs is 3. The number of carbonyl (C=O) groups excluding carboxylic acids is 1.